The van der Waals surface area contributed by atoms with Gasteiger partial charge in [-0.05, 0) is 23.3 Å². The van der Waals surface area contributed by atoms with E-state index in [1.165, 1.54) is 28.8 Å². The molecule has 2 amide bonds. The molecule has 0 fully saturated rings. The normalized spacial score (nSPS) is 16.1. The van der Waals surface area contributed by atoms with Crippen molar-refractivity contribution in [2.45, 2.75) is 24.8 Å². The number of benzene rings is 3. The minimum absolute atomic E-state index is 0.0187. The SMILES string of the molecule is O=C(CC1N=C2c3ccccc3N=C(SCc3ccc([N+](=O)[O-])cc3)N2C1=O)NCc1ccccc1. The van der Waals surface area contributed by atoms with E-state index in [2.05, 4.69) is 15.3 Å². The largest absolute Gasteiger partial charge is 0.352 e. The second-order valence-corrected chi connectivity index (χ2v) is 9.17. The second kappa shape index (κ2) is 10.1. The fraction of sp³-hybridized carbons (Fsp3) is 0.154. The lowest BCUT2D eigenvalue weighted by atomic mass is 10.1. The Hall–Kier alpha value is -4.31. The highest BCUT2D eigenvalue weighted by molar-refractivity contribution is 8.13. The predicted octanol–water partition coefficient (Wildman–Crippen LogP) is 4.19. The van der Waals surface area contributed by atoms with Crippen LogP contribution in [0.2, 0.25) is 0 Å². The van der Waals surface area contributed by atoms with Gasteiger partial charge in [-0.3, -0.25) is 24.7 Å². The van der Waals surface area contributed by atoms with E-state index in [1.807, 2.05) is 54.6 Å². The molecule has 36 heavy (non-hydrogen) atoms. The van der Waals surface area contributed by atoms with E-state index >= 15 is 0 Å². The number of carbonyl (C=O) groups excluding carboxylic acids is 2. The van der Waals surface area contributed by atoms with Crippen molar-refractivity contribution in [3.63, 3.8) is 0 Å². The zero-order valence-corrected chi connectivity index (χ0v) is 19.9. The molecule has 2 heterocycles. The van der Waals surface area contributed by atoms with Gasteiger partial charge < -0.3 is 5.32 Å². The van der Waals surface area contributed by atoms with E-state index in [9.17, 15) is 19.7 Å². The van der Waals surface area contributed by atoms with Crippen LogP contribution < -0.4 is 5.32 Å². The number of fused-ring (bicyclic) bond motifs is 3. The first-order chi connectivity index (χ1) is 17.5. The fourth-order valence-corrected chi connectivity index (χ4v) is 4.89. The van der Waals surface area contributed by atoms with Crippen molar-refractivity contribution in [1.82, 2.24) is 10.2 Å². The molecule has 3 aromatic carbocycles. The first-order valence-electron chi connectivity index (χ1n) is 11.3. The zero-order chi connectivity index (χ0) is 25.1. The number of carbonyl (C=O) groups is 2. The summed E-state index contributed by atoms with van der Waals surface area (Å²) in [5, 5.41) is 14.2. The Morgan fingerprint density at radius 3 is 2.47 bits per heavy atom. The molecule has 9 nitrogen and oxygen atoms in total. The molecule has 2 aliphatic rings. The molecule has 0 bridgehead atoms. The number of amides is 2. The molecule has 0 radical (unpaired) electrons. The number of amidine groups is 2. The van der Waals surface area contributed by atoms with Gasteiger partial charge in [0.15, 0.2) is 5.17 Å². The summed E-state index contributed by atoms with van der Waals surface area (Å²) in [6, 6.07) is 22.4. The van der Waals surface area contributed by atoms with E-state index in [4.69, 9.17) is 0 Å². The zero-order valence-electron chi connectivity index (χ0n) is 19.0. The standard InChI is InChI=1S/C26H21N5O4S/c32-23(27-15-17-6-2-1-3-7-17)14-22-25(33)30-24(28-22)20-8-4-5-9-21(20)29-26(30)36-16-18-10-12-19(13-11-18)31(34)35/h1-13,22H,14-16H2,(H,27,32). The van der Waals surface area contributed by atoms with Gasteiger partial charge in [0.25, 0.3) is 11.6 Å². The van der Waals surface area contributed by atoms with Gasteiger partial charge in [0.2, 0.25) is 5.91 Å². The number of nitrogens with zero attached hydrogens (tertiary/aromatic N) is 4. The third kappa shape index (κ3) is 4.89. The maximum atomic E-state index is 13.4. The van der Waals surface area contributed by atoms with Crippen LogP contribution in [0.1, 0.15) is 23.1 Å². The molecule has 3 aromatic rings. The molecule has 0 spiro atoms. The van der Waals surface area contributed by atoms with E-state index in [-0.39, 0.29) is 23.9 Å². The van der Waals surface area contributed by atoms with Crippen molar-refractivity contribution < 1.29 is 14.5 Å². The summed E-state index contributed by atoms with van der Waals surface area (Å²) in [7, 11) is 0. The summed E-state index contributed by atoms with van der Waals surface area (Å²) in [5.41, 5.74) is 3.27. The lowest BCUT2D eigenvalue weighted by Crippen LogP contribution is -2.42. The van der Waals surface area contributed by atoms with E-state index in [0.717, 1.165) is 16.7 Å². The highest BCUT2D eigenvalue weighted by Crippen LogP contribution is 2.35. The first-order valence-corrected chi connectivity index (χ1v) is 12.2. The minimum Gasteiger partial charge on any atom is -0.352 e. The molecule has 2 aliphatic heterocycles. The van der Waals surface area contributed by atoms with Crippen LogP contribution in [0.5, 0.6) is 0 Å². The van der Waals surface area contributed by atoms with Crippen molar-refractivity contribution in [2.75, 3.05) is 0 Å². The highest BCUT2D eigenvalue weighted by atomic mass is 32.2. The molecule has 1 unspecified atom stereocenters. The van der Waals surface area contributed by atoms with Crippen molar-refractivity contribution in [3.05, 3.63) is 106 Å². The number of non-ortho nitro benzene ring substituents is 1. The van der Waals surface area contributed by atoms with Gasteiger partial charge in [-0.2, -0.15) is 0 Å². The summed E-state index contributed by atoms with van der Waals surface area (Å²) in [4.78, 5) is 47.2. The van der Waals surface area contributed by atoms with Crippen LogP contribution >= 0.6 is 11.8 Å². The van der Waals surface area contributed by atoms with Gasteiger partial charge in [-0.15, -0.1) is 0 Å². The summed E-state index contributed by atoms with van der Waals surface area (Å²) in [6.07, 6.45) is -0.0614. The quantitative estimate of drug-likeness (QED) is 0.386. The van der Waals surface area contributed by atoms with Crippen molar-refractivity contribution in [2.24, 2.45) is 9.98 Å². The number of rotatable bonds is 7. The molecular weight excluding hydrogens is 478 g/mol. The van der Waals surface area contributed by atoms with Crippen LogP contribution in [0.3, 0.4) is 0 Å². The fourth-order valence-electron chi connectivity index (χ4n) is 3.94. The van der Waals surface area contributed by atoms with Crippen molar-refractivity contribution in [3.8, 4) is 0 Å². The number of hydrogen-bond acceptors (Lipinski definition) is 7. The third-order valence-corrected chi connectivity index (χ3v) is 6.78. The molecule has 1 atom stereocenters. The molecular formula is C26H21N5O4S. The molecule has 5 rings (SSSR count). The molecule has 0 saturated carbocycles. The average Bonchev–Trinajstić information content (AvgIpc) is 3.23. The van der Waals surface area contributed by atoms with Crippen LogP contribution in [-0.2, 0) is 21.9 Å². The third-order valence-electron chi connectivity index (χ3n) is 5.77. The Labute approximate surface area is 211 Å². The molecule has 180 valence electrons. The molecule has 1 N–H and O–H groups in total. The number of nitrogens with one attached hydrogen (secondary N) is 1. The topological polar surface area (TPSA) is 117 Å². The number of para-hydroxylation sites is 1. The smallest absolute Gasteiger partial charge is 0.269 e. The lowest BCUT2D eigenvalue weighted by Gasteiger charge is -2.25. The van der Waals surface area contributed by atoms with Crippen LogP contribution in [0.15, 0.2) is 88.8 Å². The predicted molar refractivity (Wildman–Crippen MR) is 138 cm³/mol. The van der Waals surface area contributed by atoms with E-state index < -0.39 is 11.0 Å². The number of nitro benzene ring substituents is 1. The van der Waals surface area contributed by atoms with Crippen LogP contribution in [-0.4, -0.2) is 38.7 Å². The summed E-state index contributed by atoms with van der Waals surface area (Å²) >= 11 is 1.34. The Bertz CT molecular complexity index is 1390. The van der Waals surface area contributed by atoms with Crippen LogP contribution in [0.25, 0.3) is 0 Å². The second-order valence-electron chi connectivity index (χ2n) is 8.23. The van der Waals surface area contributed by atoms with Crippen LogP contribution in [0, 0.1) is 10.1 Å². The number of aliphatic imine (C=N–C) groups is 2. The molecule has 10 heteroatoms. The number of nitro groups is 1. The first kappa shape index (κ1) is 23.4. The van der Waals surface area contributed by atoms with Gasteiger partial charge in [-0.1, -0.05) is 66.4 Å². The van der Waals surface area contributed by atoms with Gasteiger partial charge in [0.05, 0.1) is 17.0 Å². The Kier molecular flexibility index (Phi) is 6.59. The highest BCUT2D eigenvalue weighted by Gasteiger charge is 2.42. The Morgan fingerprint density at radius 1 is 1.00 bits per heavy atom. The number of thioether (sulfide) groups is 1. The molecule has 0 aromatic heterocycles. The average molecular weight is 500 g/mol. The monoisotopic (exact) mass is 499 g/mol. The summed E-state index contributed by atoms with van der Waals surface area (Å²) in [5.74, 6) is 0.381. The molecule has 0 aliphatic carbocycles. The van der Waals surface area contributed by atoms with Crippen molar-refractivity contribution >= 4 is 46.0 Å². The Morgan fingerprint density at radius 2 is 1.72 bits per heavy atom. The number of hydrogen-bond donors (Lipinski definition) is 1. The van der Waals surface area contributed by atoms with Gasteiger partial charge in [-0.25, -0.2) is 9.89 Å². The maximum Gasteiger partial charge on any atom is 0.269 e. The summed E-state index contributed by atoms with van der Waals surface area (Å²) in [6.45, 7) is 0.376. The lowest BCUT2D eigenvalue weighted by molar-refractivity contribution is -0.384. The maximum absolute atomic E-state index is 13.4. The van der Waals surface area contributed by atoms with Gasteiger partial charge in [0, 0.05) is 30.0 Å². The Balaban J connectivity index is 1.32. The van der Waals surface area contributed by atoms with Crippen LogP contribution in [0.4, 0.5) is 11.4 Å². The van der Waals surface area contributed by atoms with E-state index in [0.29, 0.717) is 29.0 Å². The van der Waals surface area contributed by atoms with E-state index in [1.54, 1.807) is 12.1 Å². The van der Waals surface area contributed by atoms with Gasteiger partial charge >= 0.3 is 0 Å². The summed E-state index contributed by atoms with van der Waals surface area (Å²) < 4.78 is 0. The van der Waals surface area contributed by atoms with Gasteiger partial charge in [0.1, 0.15) is 11.9 Å². The minimum atomic E-state index is -0.841. The molecule has 0 saturated heterocycles. The van der Waals surface area contributed by atoms with Crippen molar-refractivity contribution in [1.29, 1.82) is 0 Å².